The highest BCUT2D eigenvalue weighted by Crippen LogP contribution is 2.48. The van der Waals surface area contributed by atoms with E-state index in [9.17, 15) is 4.39 Å². The van der Waals surface area contributed by atoms with Crippen LogP contribution in [0.3, 0.4) is 0 Å². The van der Waals surface area contributed by atoms with Crippen molar-refractivity contribution in [2.45, 2.75) is 18.9 Å². The van der Waals surface area contributed by atoms with E-state index in [2.05, 4.69) is 137 Å². The first-order valence-electron chi connectivity index (χ1n) is 16.7. The minimum Gasteiger partial charge on any atom is -0.385 e. The number of hydrogen-bond donors (Lipinski definition) is 1. The smallest absolute Gasteiger partial charge is 0.125 e. The van der Waals surface area contributed by atoms with E-state index in [1.165, 1.54) is 60.1 Å². The van der Waals surface area contributed by atoms with Crippen molar-refractivity contribution < 1.29 is 4.39 Å². The third kappa shape index (κ3) is 3.97. The summed E-state index contributed by atoms with van der Waals surface area (Å²) in [5, 5.41) is 11.9. The Hall–Kier alpha value is -5.93. The Labute approximate surface area is 278 Å². The van der Waals surface area contributed by atoms with Gasteiger partial charge in [0.05, 0.1) is 17.8 Å². The Balaban J connectivity index is 1.36. The molecule has 3 heteroatoms. The largest absolute Gasteiger partial charge is 0.385 e. The number of rotatable bonds is 3. The van der Waals surface area contributed by atoms with Crippen LogP contribution >= 0.6 is 0 Å². The first-order chi connectivity index (χ1) is 23.7. The van der Waals surface area contributed by atoms with Crippen LogP contribution in [0.2, 0.25) is 0 Å². The average Bonchev–Trinajstić information content (AvgIpc) is 3.46. The fourth-order valence-electron chi connectivity index (χ4n) is 8.45. The number of nitrogens with zero attached hydrogens (tertiary/aromatic N) is 1. The van der Waals surface area contributed by atoms with E-state index >= 15 is 0 Å². The predicted molar refractivity (Wildman–Crippen MR) is 199 cm³/mol. The molecule has 1 unspecified atom stereocenters. The molecule has 0 saturated carbocycles. The van der Waals surface area contributed by atoms with E-state index in [0.717, 1.165) is 34.3 Å². The van der Waals surface area contributed by atoms with Crippen molar-refractivity contribution >= 4 is 55.4 Å². The fourth-order valence-corrected chi connectivity index (χ4v) is 8.45. The zero-order chi connectivity index (χ0) is 31.8. The molecule has 1 aliphatic heterocycles. The summed E-state index contributed by atoms with van der Waals surface area (Å²) in [4.78, 5) is 0. The second-order valence-electron chi connectivity index (χ2n) is 13.0. The molecule has 0 spiro atoms. The highest BCUT2D eigenvalue weighted by Gasteiger charge is 2.27. The van der Waals surface area contributed by atoms with Crippen LogP contribution in [0.1, 0.15) is 40.3 Å². The van der Waals surface area contributed by atoms with E-state index in [1.54, 1.807) is 12.1 Å². The van der Waals surface area contributed by atoms with Gasteiger partial charge in [-0.05, 0) is 109 Å². The molecule has 8 aromatic rings. The lowest BCUT2D eigenvalue weighted by atomic mass is 9.76. The van der Waals surface area contributed by atoms with Gasteiger partial charge >= 0.3 is 0 Å². The maximum Gasteiger partial charge on any atom is 0.125 e. The van der Waals surface area contributed by atoms with E-state index in [4.69, 9.17) is 0 Å². The molecule has 228 valence electrons. The van der Waals surface area contributed by atoms with Gasteiger partial charge in [-0.1, -0.05) is 109 Å². The summed E-state index contributed by atoms with van der Waals surface area (Å²) >= 11 is 0. The monoisotopic (exact) mass is 618 g/mol. The average molecular weight is 619 g/mol. The second-order valence-corrected chi connectivity index (χ2v) is 13.0. The molecule has 2 aliphatic rings. The third-order valence-corrected chi connectivity index (χ3v) is 10.5. The van der Waals surface area contributed by atoms with Crippen molar-refractivity contribution in [3.05, 3.63) is 173 Å². The quantitative estimate of drug-likeness (QED) is 0.195. The molecule has 7 aromatic carbocycles. The topological polar surface area (TPSA) is 17.0 Å². The Morgan fingerprint density at radius 3 is 2.35 bits per heavy atom. The van der Waals surface area contributed by atoms with E-state index in [-0.39, 0.29) is 11.7 Å². The van der Waals surface area contributed by atoms with Crippen LogP contribution in [0, 0.1) is 5.82 Å². The summed E-state index contributed by atoms with van der Waals surface area (Å²) in [6.07, 6.45) is 9.63. The van der Waals surface area contributed by atoms with Crippen LogP contribution in [-0.2, 0) is 6.54 Å². The van der Waals surface area contributed by atoms with Gasteiger partial charge in [0.15, 0.2) is 0 Å². The minimum absolute atomic E-state index is 0.217. The van der Waals surface area contributed by atoms with Gasteiger partial charge in [0, 0.05) is 22.6 Å². The van der Waals surface area contributed by atoms with Gasteiger partial charge in [0.1, 0.15) is 5.82 Å². The molecule has 1 N–H and O–H groups in total. The maximum absolute atomic E-state index is 14.9. The molecule has 1 aromatic heterocycles. The van der Waals surface area contributed by atoms with Crippen LogP contribution in [0.15, 0.2) is 140 Å². The van der Waals surface area contributed by atoms with E-state index < -0.39 is 0 Å². The first kappa shape index (κ1) is 27.2. The summed E-state index contributed by atoms with van der Waals surface area (Å²) in [5.41, 5.74) is 10.7. The molecule has 0 fully saturated rings. The van der Waals surface area contributed by atoms with Crippen molar-refractivity contribution in [3.63, 3.8) is 0 Å². The molecule has 0 amide bonds. The zero-order valence-electron chi connectivity index (χ0n) is 26.3. The molecule has 0 bridgehead atoms. The van der Waals surface area contributed by atoms with Crippen molar-refractivity contribution in [1.82, 2.24) is 9.88 Å². The van der Waals surface area contributed by atoms with Crippen LogP contribution in [0.4, 0.5) is 4.39 Å². The standard InChI is InChI=1S/C45H31FN2/c46-30-19-21-34-35-23-24-47-27-43(35)48(42(34)25-30)31-20-22-40-41(26-31)45(37-18-8-12-29-10-2-4-14-33(29)37)39-16-6-5-15-38(39)44(40)36-17-7-11-28-9-1-3-13-32(28)36/h1-16,18-26,36,47H,17,27H2. The highest BCUT2D eigenvalue weighted by molar-refractivity contribution is 6.19. The Morgan fingerprint density at radius 2 is 1.42 bits per heavy atom. The van der Waals surface area contributed by atoms with Crippen LogP contribution in [0.5, 0.6) is 0 Å². The van der Waals surface area contributed by atoms with Gasteiger partial charge in [-0.3, -0.25) is 0 Å². The van der Waals surface area contributed by atoms with Crippen LogP contribution in [-0.4, -0.2) is 4.57 Å². The minimum atomic E-state index is -0.231. The molecule has 1 atom stereocenters. The summed E-state index contributed by atoms with van der Waals surface area (Å²) < 4.78 is 17.1. The number of nitrogens with one attached hydrogen (secondary N) is 1. The van der Waals surface area contributed by atoms with Gasteiger partial charge in [-0.15, -0.1) is 0 Å². The Morgan fingerprint density at radius 1 is 0.646 bits per heavy atom. The SMILES string of the molecule is Fc1ccc2c3c(n(-c4ccc5c(C6CC=Cc7ccccc76)c6ccccc6c(-c6cccc7ccccc67)c5c4)c2c1)CNC=C3. The van der Waals surface area contributed by atoms with E-state index in [1.807, 2.05) is 12.3 Å². The molecule has 0 radical (unpaired) electrons. The van der Waals surface area contributed by atoms with Crippen LogP contribution < -0.4 is 5.32 Å². The van der Waals surface area contributed by atoms with Gasteiger partial charge < -0.3 is 9.88 Å². The summed E-state index contributed by atoms with van der Waals surface area (Å²) in [6, 6.07) is 45.2. The molecule has 2 heterocycles. The van der Waals surface area contributed by atoms with E-state index in [0.29, 0.717) is 6.54 Å². The van der Waals surface area contributed by atoms with Crippen molar-refractivity contribution in [3.8, 4) is 16.8 Å². The summed E-state index contributed by atoms with van der Waals surface area (Å²) in [7, 11) is 0. The molecule has 10 rings (SSSR count). The van der Waals surface area contributed by atoms with Gasteiger partial charge in [-0.25, -0.2) is 4.39 Å². The predicted octanol–water partition coefficient (Wildman–Crippen LogP) is 11.5. The summed E-state index contributed by atoms with van der Waals surface area (Å²) in [6.45, 7) is 0.671. The number of fused-ring (bicyclic) bond motifs is 7. The number of aromatic nitrogens is 1. The van der Waals surface area contributed by atoms with Gasteiger partial charge in [-0.2, -0.15) is 0 Å². The third-order valence-electron chi connectivity index (χ3n) is 10.5. The number of benzene rings is 7. The zero-order valence-corrected chi connectivity index (χ0v) is 26.3. The lowest BCUT2D eigenvalue weighted by molar-refractivity contribution is 0.629. The van der Waals surface area contributed by atoms with Crippen LogP contribution in [0.25, 0.3) is 72.2 Å². The molecule has 48 heavy (non-hydrogen) atoms. The molecular weight excluding hydrogens is 588 g/mol. The Kier molecular flexibility index (Phi) is 5.98. The van der Waals surface area contributed by atoms with Crippen molar-refractivity contribution in [2.75, 3.05) is 0 Å². The lowest BCUT2D eigenvalue weighted by Gasteiger charge is -2.27. The van der Waals surface area contributed by atoms with Crippen molar-refractivity contribution in [2.24, 2.45) is 0 Å². The molecule has 0 saturated heterocycles. The van der Waals surface area contributed by atoms with Gasteiger partial charge in [0.2, 0.25) is 0 Å². The molecule has 1 aliphatic carbocycles. The number of halogens is 1. The Bertz CT molecular complexity index is 2670. The number of hydrogen-bond acceptors (Lipinski definition) is 1. The maximum atomic E-state index is 14.9. The normalized spacial score (nSPS) is 15.2. The highest BCUT2D eigenvalue weighted by atomic mass is 19.1. The number of allylic oxidation sites excluding steroid dienone is 1. The lowest BCUT2D eigenvalue weighted by Crippen LogP contribution is -2.13. The molecular formula is C45H31FN2. The first-order valence-corrected chi connectivity index (χ1v) is 16.7. The second kappa shape index (κ2) is 10.5. The van der Waals surface area contributed by atoms with Gasteiger partial charge in [0.25, 0.3) is 0 Å². The summed E-state index contributed by atoms with van der Waals surface area (Å²) in [5.74, 6) is -0.0142. The fraction of sp³-hybridized carbons (Fsp3) is 0.0667. The molecule has 2 nitrogen and oxygen atoms in total. The van der Waals surface area contributed by atoms with Crippen molar-refractivity contribution in [1.29, 1.82) is 0 Å².